The first-order valence-electron chi connectivity index (χ1n) is 12.0. The van der Waals surface area contributed by atoms with Gasteiger partial charge < -0.3 is 0 Å². The number of nitro benzene ring substituents is 1. The number of carbonyl (C=O) groups is 2. The number of aryl methyl sites for hydroxylation is 2. The number of anilines is 1. The minimum Gasteiger partial charge on any atom is -0.274 e. The van der Waals surface area contributed by atoms with Gasteiger partial charge in [0.05, 0.1) is 16.8 Å². The summed E-state index contributed by atoms with van der Waals surface area (Å²) in [6.07, 6.45) is 4.08. The van der Waals surface area contributed by atoms with Crippen molar-refractivity contribution in [3.05, 3.63) is 123 Å². The Morgan fingerprint density at radius 2 is 1.22 bits per heavy atom. The van der Waals surface area contributed by atoms with Crippen LogP contribution >= 0.6 is 0 Å². The van der Waals surface area contributed by atoms with Crippen LogP contribution < -0.4 is 4.90 Å². The van der Waals surface area contributed by atoms with Crippen LogP contribution in [0, 0.1) is 47.6 Å². The van der Waals surface area contributed by atoms with Crippen LogP contribution in [0.25, 0.3) is 5.57 Å². The molecule has 36 heavy (non-hydrogen) atoms. The number of nitrogens with zero attached hydrogens (tertiary/aromatic N) is 2. The molecule has 0 N–H and O–H groups in total. The molecule has 2 bridgehead atoms. The Balaban J connectivity index is 1.49. The monoisotopic (exact) mass is 476 g/mol. The highest BCUT2D eigenvalue weighted by atomic mass is 16.6. The van der Waals surface area contributed by atoms with Crippen molar-refractivity contribution >= 4 is 28.8 Å². The van der Waals surface area contributed by atoms with Gasteiger partial charge in [-0.05, 0) is 42.2 Å². The van der Waals surface area contributed by atoms with E-state index in [2.05, 4.69) is 48.5 Å². The average Bonchev–Trinajstić information content (AvgIpc) is 3.50. The number of hydrogen-bond acceptors (Lipinski definition) is 4. The van der Waals surface area contributed by atoms with Crippen molar-refractivity contribution in [3.8, 4) is 0 Å². The highest BCUT2D eigenvalue weighted by molar-refractivity contribution is 6.24. The Hall–Kier alpha value is -4.32. The lowest BCUT2D eigenvalue weighted by Crippen LogP contribution is -2.33. The van der Waals surface area contributed by atoms with Crippen molar-refractivity contribution in [1.82, 2.24) is 0 Å². The summed E-state index contributed by atoms with van der Waals surface area (Å²) < 4.78 is 0. The third-order valence-corrected chi connectivity index (χ3v) is 7.70. The molecule has 6 heteroatoms. The van der Waals surface area contributed by atoms with Gasteiger partial charge in [0.2, 0.25) is 11.8 Å². The molecule has 3 aromatic carbocycles. The van der Waals surface area contributed by atoms with E-state index in [0.717, 1.165) is 38.3 Å². The van der Waals surface area contributed by atoms with E-state index >= 15 is 0 Å². The minimum atomic E-state index is -0.562. The average molecular weight is 477 g/mol. The summed E-state index contributed by atoms with van der Waals surface area (Å²) in [5.74, 6) is -2.31. The zero-order chi connectivity index (χ0) is 25.1. The second kappa shape index (κ2) is 8.12. The highest BCUT2D eigenvalue weighted by Crippen LogP contribution is 2.59. The van der Waals surface area contributed by atoms with E-state index < -0.39 is 16.8 Å². The SMILES string of the molecule is Cc1ccc(C(=C2[C@H]3C=C[C@H]2[C@@H]2C(=O)N(c4ccccc4[N+](=O)[O-])C(=O)[C@H]23)c2ccc(C)cc2)cc1. The van der Waals surface area contributed by atoms with Crippen LogP contribution in [0.4, 0.5) is 11.4 Å². The molecule has 0 aromatic heterocycles. The lowest BCUT2D eigenvalue weighted by molar-refractivity contribution is -0.384. The first-order valence-corrected chi connectivity index (χ1v) is 12.0. The van der Waals surface area contributed by atoms with Crippen molar-refractivity contribution in [1.29, 1.82) is 0 Å². The van der Waals surface area contributed by atoms with Crippen molar-refractivity contribution in [3.63, 3.8) is 0 Å². The van der Waals surface area contributed by atoms with Crippen molar-refractivity contribution in [2.24, 2.45) is 23.7 Å². The number of nitro groups is 1. The molecule has 0 unspecified atom stereocenters. The van der Waals surface area contributed by atoms with Gasteiger partial charge >= 0.3 is 0 Å². The van der Waals surface area contributed by atoms with Gasteiger partial charge in [-0.1, -0.05) is 83.9 Å². The van der Waals surface area contributed by atoms with E-state index in [1.807, 2.05) is 26.0 Å². The van der Waals surface area contributed by atoms with Gasteiger partial charge in [-0.3, -0.25) is 19.7 Å². The van der Waals surface area contributed by atoms with Gasteiger partial charge in [0, 0.05) is 17.9 Å². The fourth-order valence-electron chi connectivity index (χ4n) is 6.08. The molecule has 1 aliphatic heterocycles. The summed E-state index contributed by atoms with van der Waals surface area (Å²) in [5, 5.41) is 11.6. The number of imide groups is 1. The van der Waals surface area contributed by atoms with E-state index in [4.69, 9.17) is 0 Å². The Kier molecular flexibility index (Phi) is 5.00. The topological polar surface area (TPSA) is 80.5 Å². The molecule has 1 saturated heterocycles. The van der Waals surface area contributed by atoms with Crippen LogP contribution in [0.3, 0.4) is 0 Å². The molecule has 3 aromatic rings. The van der Waals surface area contributed by atoms with Crippen molar-refractivity contribution in [2.45, 2.75) is 13.8 Å². The first-order chi connectivity index (χ1) is 17.4. The molecule has 2 fully saturated rings. The van der Waals surface area contributed by atoms with Gasteiger partial charge in [-0.25, -0.2) is 4.90 Å². The molecular weight excluding hydrogens is 452 g/mol. The highest BCUT2D eigenvalue weighted by Gasteiger charge is 2.63. The van der Waals surface area contributed by atoms with Gasteiger partial charge in [-0.2, -0.15) is 0 Å². The fourth-order valence-corrected chi connectivity index (χ4v) is 6.08. The molecule has 4 atom stereocenters. The zero-order valence-corrected chi connectivity index (χ0v) is 19.9. The summed E-state index contributed by atoms with van der Waals surface area (Å²) in [4.78, 5) is 39.6. The van der Waals surface area contributed by atoms with E-state index in [1.54, 1.807) is 6.07 Å². The molecule has 6 rings (SSSR count). The lowest BCUT2D eigenvalue weighted by atomic mass is 9.85. The number of rotatable bonds is 4. The summed E-state index contributed by atoms with van der Waals surface area (Å²) >= 11 is 0. The standard InChI is InChI=1S/C30H24N2O4/c1-17-7-11-19(12-8-17)25(20-13-9-18(2)10-14-20)26-21-15-16-22(26)28-27(21)29(33)31(30(28)34)23-5-3-4-6-24(23)32(35)36/h3-16,21-22,27-28H,1-2H3/t21-,22-,27+,28+/m1/s1. The maximum atomic E-state index is 13.7. The number of hydrogen-bond donors (Lipinski definition) is 0. The molecule has 178 valence electrons. The number of allylic oxidation sites excluding steroid dienone is 3. The molecular formula is C30H24N2O4. The van der Waals surface area contributed by atoms with Crippen LogP contribution in [0.1, 0.15) is 22.3 Å². The van der Waals surface area contributed by atoms with Gasteiger partial charge in [0.15, 0.2) is 0 Å². The van der Waals surface area contributed by atoms with Gasteiger partial charge in [-0.15, -0.1) is 0 Å². The number of benzene rings is 3. The van der Waals surface area contributed by atoms with E-state index in [9.17, 15) is 19.7 Å². The Labute approximate surface area is 208 Å². The summed E-state index contributed by atoms with van der Waals surface area (Å²) in [5.41, 5.74) is 6.36. The molecule has 3 aliphatic rings. The third-order valence-electron chi connectivity index (χ3n) is 7.70. The van der Waals surface area contributed by atoms with E-state index in [-0.39, 0.29) is 35.0 Å². The van der Waals surface area contributed by atoms with Gasteiger partial charge in [0.25, 0.3) is 5.69 Å². The molecule has 0 radical (unpaired) electrons. The number of carbonyl (C=O) groups excluding carboxylic acids is 2. The van der Waals surface area contributed by atoms with Crippen LogP contribution in [0.2, 0.25) is 0 Å². The van der Waals surface area contributed by atoms with Crippen molar-refractivity contribution < 1.29 is 14.5 Å². The summed E-state index contributed by atoms with van der Waals surface area (Å²) in [6.45, 7) is 4.09. The van der Waals surface area contributed by atoms with E-state index in [0.29, 0.717) is 0 Å². The normalized spacial score (nSPS) is 23.9. The molecule has 1 saturated carbocycles. The Morgan fingerprint density at radius 3 is 1.69 bits per heavy atom. The number of amides is 2. The predicted octanol–water partition coefficient (Wildman–Crippen LogP) is 5.64. The molecule has 6 nitrogen and oxygen atoms in total. The molecule has 2 amide bonds. The minimum absolute atomic E-state index is 0.0501. The summed E-state index contributed by atoms with van der Waals surface area (Å²) in [6, 6.07) is 22.6. The maximum Gasteiger partial charge on any atom is 0.293 e. The lowest BCUT2D eigenvalue weighted by Gasteiger charge is -2.21. The first kappa shape index (κ1) is 22.2. The number of para-hydroxylation sites is 2. The summed E-state index contributed by atoms with van der Waals surface area (Å²) in [7, 11) is 0. The largest absolute Gasteiger partial charge is 0.293 e. The molecule has 1 heterocycles. The zero-order valence-electron chi connectivity index (χ0n) is 19.9. The smallest absolute Gasteiger partial charge is 0.274 e. The predicted molar refractivity (Wildman–Crippen MR) is 137 cm³/mol. The Morgan fingerprint density at radius 1 is 0.750 bits per heavy atom. The maximum absolute atomic E-state index is 13.7. The van der Waals surface area contributed by atoms with Crippen LogP contribution in [0.5, 0.6) is 0 Å². The van der Waals surface area contributed by atoms with Crippen LogP contribution in [0.15, 0.2) is 90.5 Å². The van der Waals surface area contributed by atoms with Crippen LogP contribution in [-0.2, 0) is 9.59 Å². The molecule has 0 spiro atoms. The Bertz CT molecular complexity index is 1400. The second-order valence-electron chi connectivity index (χ2n) is 9.81. The fraction of sp³-hybridized carbons (Fsp3) is 0.200. The van der Waals surface area contributed by atoms with Crippen LogP contribution in [-0.4, -0.2) is 16.7 Å². The second-order valence-corrected chi connectivity index (χ2v) is 9.81. The quantitative estimate of drug-likeness (QED) is 0.211. The molecule has 2 aliphatic carbocycles. The van der Waals surface area contributed by atoms with Crippen molar-refractivity contribution in [2.75, 3.05) is 4.90 Å². The van der Waals surface area contributed by atoms with Gasteiger partial charge in [0.1, 0.15) is 5.69 Å². The van der Waals surface area contributed by atoms with E-state index in [1.165, 1.54) is 18.2 Å². The third kappa shape index (κ3) is 3.18. The number of fused-ring (bicyclic) bond motifs is 5.